The van der Waals surface area contributed by atoms with Crippen LogP contribution in [0.2, 0.25) is 0 Å². The number of aryl methyl sites for hydroxylation is 2. The number of carbonyl (C=O) groups is 2. The second kappa shape index (κ2) is 11.7. The minimum absolute atomic E-state index is 0.0189. The fourth-order valence-electron chi connectivity index (χ4n) is 4.46. The molecule has 0 aromatic heterocycles. The molecule has 0 aliphatic heterocycles. The Morgan fingerprint density at radius 3 is 1.21 bits per heavy atom. The highest BCUT2D eigenvalue weighted by Gasteiger charge is 2.26. The molecule has 0 heterocycles. The van der Waals surface area contributed by atoms with Gasteiger partial charge in [0.2, 0.25) is 11.8 Å². The number of nitrogens with one attached hydrogen (secondary N) is 2. The largest absolute Gasteiger partial charge is 0.507 e. The number of phenolic OH excluding ortho intramolecular Hbond substituents is 1. The van der Waals surface area contributed by atoms with Crippen LogP contribution in [-0.2, 0) is 44.1 Å². The van der Waals surface area contributed by atoms with Gasteiger partial charge in [-0.2, -0.15) is 0 Å². The summed E-state index contributed by atoms with van der Waals surface area (Å²) in [5.41, 5.74) is 11.1. The van der Waals surface area contributed by atoms with Gasteiger partial charge in [0.15, 0.2) is 0 Å². The Labute approximate surface area is 237 Å². The topological polar surface area (TPSA) is 78.4 Å². The van der Waals surface area contributed by atoms with E-state index in [-0.39, 0.29) is 39.9 Å². The predicted molar refractivity (Wildman–Crippen MR) is 162 cm³/mol. The Hall–Kier alpha value is -2.82. The van der Waals surface area contributed by atoms with Crippen LogP contribution in [0.4, 0.5) is 0 Å². The van der Waals surface area contributed by atoms with Gasteiger partial charge in [0.05, 0.1) is 0 Å². The lowest BCUT2D eigenvalue weighted by Gasteiger charge is -2.28. The van der Waals surface area contributed by atoms with E-state index < -0.39 is 0 Å². The molecule has 0 aliphatic rings. The highest BCUT2D eigenvalue weighted by molar-refractivity contribution is 5.82. The molecular weight excluding hydrogens is 484 g/mol. The Balaban J connectivity index is 2.01. The second-order valence-corrected chi connectivity index (χ2v) is 15.1. The van der Waals surface area contributed by atoms with E-state index in [0.717, 1.165) is 22.3 Å². The number of phenols is 1. The Kier molecular flexibility index (Phi) is 9.75. The lowest BCUT2D eigenvalue weighted by Crippen LogP contribution is -2.41. The van der Waals surface area contributed by atoms with E-state index in [0.29, 0.717) is 25.0 Å². The maximum atomic E-state index is 12.6. The lowest BCUT2D eigenvalue weighted by molar-refractivity contribution is -0.128. The molecule has 0 fully saturated rings. The van der Waals surface area contributed by atoms with Crippen LogP contribution >= 0.6 is 0 Å². The molecule has 2 amide bonds. The normalized spacial score (nSPS) is 12.8. The molecule has 39 heavy (non-hydrogen) atoms. The van der Waals surface area contributed by atoms with Crippen LogP contribution in [0.15, 0.2) is 30.3 Å². The fraction of sp³-hybridized carbons (Fsp3) is 0.588. The van der Waals surface area contributed by atoms with Gasteiger partial charge in [0, 0.05) is 12.8 Å². The molecule has 2 rings (SSSR count). The highest BCUT2D eigenvalue weighted by Crippen LogP contribution is 2.40. The Bertz CT molecular complexity index is 1120. The zero-order valence-corrected chi connectivity index (χ0v) is 26.5. The third-order valence-electron chi connectivity index (χ3n) is 7.13. The van der Waals surface area contributed by atoms with E-state index in [1.807, 2.05) is 12.1 Å². The van der Waals surface area contributed by atoms with Crippen LogP contribution in [0.3, 0.4) is 0 Å². The molecule has 0 spiro atoms. The molecule has 216 valence electrons. The van der Waals surface area contributed by atoms with Crippen molar-refractivity contribution in [3.63, 3.8) is 0 Å². The molecular formula is C34H52N2O3. The van der Waals surface area contributed by atoms with Gasteiger partial charge in [-0.25, -0.2) is 0 Å². The Morgan fingerprint density at radius 2 is 0.897 bits per heavy atom. The summed E-state index contributed by atoms with van der Waals surface area (Å²) in [7, 11) is 0. The molecule has 0 atom stereocenters. The van der Waals surface area contributed by atoms with Gasteiger partial charge in [0.1, 0.15) is 5.75 Å². The van der Waals surface area contributed by atoms with Crippen molar-refractivity contribution >= 4 is 11.8 Å². The summed E-state index contributed by atoms with van der Waals surface area (Å²) in [4.78, 5) is 25.1. The minimum atomic E-state index is -0.240. The van der Waals surface area contributed by atoms with Crippen molar-refractivity contribution in [1.29, 1.82) is 0 Å². The average molecular weight is 537 g/mol. The summed E-state index contributed by atoms with van der Waals surface area (Å²) < 4.78 is 0. The molecule has 0 saturated heterocycles. The van der Waals surface area contributed by atoms with E-state index in [9.17, 15) is 14.7 Å². The summed E-state index contributed by atoms with van der Waals surface area (Å²) in [6, 6.07) is 10.6. The molecule has 5 nitrogen and oxygen atoms in total. The third-order valence-corrected chi connectivity index (χ3v) is 7.13. The van der Waals surface area contributed by atoms with Crippen molar-refractivity contribution in [1.82, 2.24) is 10.9 Å². The molecule has 0 radical (unpaired) electrons. The van der Waals surface area contributed by atoms with Crippen LogP contribution in [0.1, 0.15) is 129 Å². The number of hydrazine groups is 1. The summed E-state index contributed by atoms with van der Waals surface area (Å²) in [6.07, 6.45) is 1.65. The van der Waals surface area contributed by atoms with Gasteiger partial charge < -0.3 is 5.11 Å². The van der Waals surface area contributed by atoms with Crippen molar-refractivity contribution in [2.75, 3.05) is 0 Å². The maximum Gasteiger partial charge on any atom is 0.238 e. The first kappa shape index (κ1) is 32.4. The van der Waals surface area contributed by atoms with E-state index in [2.05, 4.69) is 112 Å². The molecule has 2 aromatic carbocycles. The summed E-state index contributed by atoms with van der Waals surface area (Å²) in [5.74, 6) is -0.120. The molecule has 0 unspecified atom stereocenters. The number of hydrogen-bond acceptors (Lipinski definition) is 3. The predicted octanol–water partition coefficient (Wildman–Crippen LogP) is 7.30. The zero-order valence-electron chi connectivity index (χ0n) is 26.5. The highest BCUT2D eigenvalue weighted by atomic mass is 16.3. The first-order valence-electron chi connectivity index (χ1n) is 14.2. The van der Waals surface area contributed by atoms with Gasteiger partial charge in [0.25, 0.3) is 0 Å². The first-order valence-corrected chi connectivity index (χ1v) is 14.2. The minimum Gasteiger partial charge on any atom is -0.507 e. The number of hydrogen-bond donors (Lipinski definition) is 3. The van der Waals surface area contributed by atoms with Gasteiger partial charge in [-0.1, -0.05) is 113 Å². The first-order chi connectivity index (χ1) is 17.6. The molecule has 0 aliphatic carbocycles. The van der Waals surface area contributed by atoms with Crippen molar-refractivity contribution in [2.24, 2.45) is 0 Å². The van der Waals surface area contributed by atoms with Crippen molar-refractivity contribution in [3.05, 3.63) is 63.7 Å². The van der Waals surface area contributed by atoms with Crippen molar-refractivity contribution in [2.45, 2.75) is 130 Å². The molecule has 3 N–H and O–H groups in total. The summed E-state index contributed by atoms with van der Waals surface area (Å²) >= 11 is 0. The Morgan fingerprint density at radius 1 is 0.564 bits per heavy atom. The standard InChI is InChI=1S/C34H52N2O3/c1-31(2,3)24-17-22(18-25(21-24)32(4,5)6)13-15-28(37)35-36-29(38)16-14-23-19-26(33(7,8)9)30(39)27(20-23)34(10,11)12/h17-21,39H,13-16H2,1-12H3,(H,35,37)(H,36,38). The lowest BCUT2D eigenvalue weighted by atomic mass is 9.78. The van der Waals surface area contributed by atoms with Gasteiger partial charge >= 0.3 is 0 Å². The van der Waals surface area contributed by atoms with E-state index >= 15 is 0 Å². The molecule has 2 aromatic rings. The van der Waals surface area contributed by atoms with E-state index in [1.165, 1.54) is 11.1 Å². The van der Waals surface area contributed by atoms with Crippen LogP contribution in [0.25, 0.3) is 0 Å². The van der Waals surface area contributed by atoms with Crippen LogP contribution < -0.4 is 10.9 Å². The number of amides is 2. The average Bonchev–Trinajstić information content (AvgIpc) is 2.77. The number of rotatable bonds is 6. The number of aromatic hydroxyl groups is 1. The fourth-order valence-corrected chi connectivity index (χ4v) is 4.46. The summed E-state index contributed by atoms with van der Waals surface area (Å²) in [6.45, 7) is 25.6. The summed E-state index contributed by atoms with van der Waals surface area (Å²) in [5, 5.41) is 10.9. The van der Waals surface area contributed by atoms with Gasteiger partial charge in [-0.05, 0) is 67.9 Å². The molecule has 0 bridgehead atoms. The van der Waals surface area contributed by atoms with Crippen LogP contribution in [0, 0.1) is 0 Å². The van der Waals surface area contributed by atoms with E-state index in [1.54, 1.807) is 0 Å². The van der Waals surface area contributed by atoms with Crippen molar-refractivity contribution < 1.29 is 14.7 Å². The van der Waals surface area contributed by atoms with Gasteiger partial charge in [-0.3, -0.25) is 20.4 Å². The zero-order chi connectivity index (χ0) is 30.0. The van der Waals surface area contributed by atoms with Gasteiger partial charge in [-0.15, -0.1) is 0 Å². The maximum absolute atomic E-state index is 12.6. The van der Waals surface area contributed by atoms with E-state index in [4.69, 9.17) is 0 Å². The second-order valence-electron chi connectivity index (χ2n) is 15.1. The smallest absolute Gasteiger partial charge is 0.238 e. The molecule has 5 heteroatoms. The third kappa shape index (κ3) is 9.40. The monoisotopic (exact) mass is 536 g/mol. The van der Waals surface area contributed by atoms with Crippen LogP contribution in [-0.4, -0.2) is 16.9 Å². The van der Waals surface area contributed by atoms with Crippen molar-refractivity contribution in [3.8, 4) is 5.75 Å². The number of benzene rings is 2. The SMILES string of the molecule is CC(C)(C)c1cc(CCC(=O)NNC(=O)CCc2cc(C(C)(C)C)c(O)c(C(C)(C)C)c2)cc(C(C)(C)C)c1. The number of carbonyl (C=O) groups excluding carboxylic acids is 2. The molecule has 0 saturated carbocycles. The quantitative estimate of drug-likeness (QED) is 0.339. The van der Waals surface area contributed by atoms with Crippen LogP contribution in [0.5, 0.6) is 5.75 Å².